The van der Waals surface area contributed by atoms with Crippen LogP contribution >= 0.6 is 0 Å². The van der Waals surface area contributed by atoms with Gasteiger partial charge in [0.25, 0.3) is 0 Å². The van der Waals surface area contributed by atoms with Gasteiger partial charge in [0.05, 0.1) is 5.69 Å². The van der Waals surface area contributed by atoms with Gasteiger partial charge in [-0.25, -0.2) is 9.97 Å². The van der Waals surface area contributed by atoms with Crippen LogP contribution in [0.5, 0.6) is 0 Å². The number of carbonyl (C=O) groups is 1. The van der Waals surface area contributed by atoms with Gasteiger partial charge in [-0.3, -0.25) is 4.79 Å². The second-order valence-electron chi connectivity index (χ2n) is 9.76. The van der Waals surface area contributed by atoms with Crippen molar-refractivity contribution >= 4 is 17.4 Å². The van der Waals surface area contributed by atoms with E-state index in [4.69, 9.17) is 4.98 Å². The average molecular weight is 441 g/mol. The fourth-order valence-corrected chi connectivity index (χ4v) is 5.00. The first kappa shape index (κ1) is 24.7. The lowest BCUT2D eigenvalue weighted by molar-refractivity contribution is -0.119. The molecule has 0 aromatic carbocycles. The second-order valence-corrected chi connectivity index (χ2v) is 9.76. The summed E-state index contributed by atoms with van der Waals surface area (Å²) >= 11 is 0. The number of aromatic nitrogens is 2. The van der Waals surface area contributed by atoms with E-state index in [2.05, 4.69) is 21.7 Å². The summed E-state index contributed by atoms with van der Waals surface area (Å²) in [4.78, 5) is 21.3. The highest BCUT2D eigenvalue weighted by Gasteiger charge is 2.16. The maximum absolute atomic E-state index is 11.6. The summed E-state index contributed by atoms with van der Waals surface area (Å²) < 4.78 is 0. The smallest absolute Gasteiger partial charge is 0.223 e. The summed E-state index contributed by atoms with van der Waals surface area (Å²) in [6, 6.07) is 0.458. The van der Waals surface area contributed by atoms with Crippen molar-refractivity contribution in [3.63, 3.8) is 0 Å². The monoisotopic (exact) mass is 440 g/mol. The predicted octanol–water partition coefficient (Wildman–Crippen LogP) is 6.94. The third-order valence-electron chi connectivity index (χ3n) is 6.93. The molecule has 0 saturated heterocycles. The highest BCUT2D eigenvalue weighted by molar-refractivity contribution is 5.73. The summed E-state index contributed by atoms with van der Waals surface area (Å²) in [5.41, 5.74) is 3.40. The Morgan fingerprint density at radius 1 is 0.906 bits per heavy atom. The predicted molar refractivity (Wildman–Crippen MR) is 133 cm³/mol. The first-order chi connectivity index (χ1) is 15.7. The SMILES string of the molecule is CC(=O)NCc1cnc(NC2CCCCCCCCC2)nc1/C1=C/CCCCCCCC1. The molecular formula is C27H44N4O. The minimum atomic E-state index is -0.0143. The van der Waals surface area contributed by atoms with Crippen LogP contribution in [-0.2, 0) is 11.3 Å². The van der Waals surface area contributed by atoms with Gasteiger partial charge in [-0.05, 0) is 44.1 Å². The first-order valence-corrected chi connectivity index (χ1v) is 13.3. The summed E-state index contributed by atoms with van der Waals surface area (Å²) in [6.45, 7) is 2.06. The minimum Gasteiger partial charge on any atom is -0.352 e. The summed E-state index contributed by atoms with van der Waals surface area (Å²) in [5, 5.41) is 6.64. The van der Waals surface area contributed by atoms with E-state index in [1.54, 1.807) is 6.92 Å². The molecule has 1 saturated carbocycles. The van der Waals surface area contributed by atoms with E-state index in [-0.39, 0.29) is 5.91 Å². The van der Waals surface area contributed by atoms with E-state index < -0.39 is 0 Å². The molecule has 1 heterocycles. The normalized spacial score (nSPS) is 21.7. The number of rotatable bonds is 5. The molecule has 0 bridgehead atoms. The number of allylic oxidation sites excluding steroid dienone is 2. The van der Waals surface area contributed by atoms with Gasteiger partial charge in [0.15, 0.2) is 0 Å². The summed E-state index contributed by atoms with van der Waals surface area (Å²) in [5.74, 6) is 0.742. The summed E-state index contributed by atoms with van der Waals surface area (Å²) in [6.07, 6.45) is 26.1. The third-order valence-corrected chi connectivity index (χ3v) is 6.93. The third kappa shape index (κ3) is 8.91. The lowest BCUT2D eigenvalue weighted by Crippen LogP contribution is -2.23. The number of anilines is 1. The van der Waals surface area contributed by atoms with Gasteiger partial charge in [0.2, 0.25) is 11.9 Å². The molecule has 0 spiro atoms. The molecule has 5 heteroatoms. The molecule has 2 aliphatic carbocycles. The van der Waals surface area contributed by atoms with E-state index in [9.17, 15) is 4.79 Å². The quantitative estimate of drug-likeness (QED) is 0.520. The van der Waals surface area contributed by atoms with Gasteiger partial charge in [0, 0.05) is 31.3 Å². The molecule has 2 aliphatic rings. The standard InChI is InChI=1S/C27H44N4O/c1-22(32)28-20-24-21-29-27(30-25-18-14-10-6-3-7-11-15-19-25)31-26(24)23-16-12-8-4-2-5-9-13-17-23/h16,21,25H,2-15,17-20H2,1H3,(H,28,32)(H,29,30,31)/b23-16+. The Kier molecular flexibility index (Phi) is 11.0. The van der Waals surface area contributed by atoms with Crippen LogP contribution in [-0.4, -0.2) is 21.9 Å². The van der Waals surface area contributed by atoms with Gasteiger partial charge in [-0.1, -0.05) is 76.7 Å². The van der Waals surface area contributed by atoms with Crippen LogP contribution in [0.3, 0.4) is 0 Å². The molecule has 0 unspecified atom stereocenters. The molecule has 1 fully saturated rings. The van der Waals surface area contributed by atoms with Crippen LogP contribution < -0.4 is 10.6 Å². The number of amides is 1. The average Bonchev–Trinajstić information content (AvgIpc) is 2.80. The molecule has 1 amide bonds. The van der Waals surface area contributed by atoms with Gasteiger partial charge < -0.3 is 10.6 Å². The number of carbonyl (C=O) groups excluding carboxylic acids is 1. The number of hydrogen-bond acceptors (Lipinski definition) is 4. The van der Waals surface area contributed by atoms with Crippen LogP contribution in [0, 0.1) is 0 Å². The van der Waals surface area contributed by atoms with Crippen molar-refractivity contribution in [3.05, 3.63) is 23.5 Å². The van der Waals surface area contributed by atoms with Gasteiger partial charge in [-0.2, -0.15) is 0 Å². The molecule has 0 radical (unpaired) electrons. The van der Waals surface area contributed by atoms with E-state index >= 15 is 0 Å². The van der Waals surface area contributed by atoms with Crippen LogP contribution in [0.2, 0.25) is 0 Å². The number of nitrogens with zero attached hydrogens (tertiary/aromatic N) is 2. The van der Waals surface area contributed by atoms with Crippen molar-refractivity contribution < 1.29 is 4.79 Å². The number of hydrogen-bond donors (Lipinski definition) is 2. The largest absolute Gasteiger partial charge is 0.352 e. The molecule has 0 aliphatic heterocycles. The Balaban J connectivity index is 1.79. The molecule has 0 atom stereocenters. The van der Waals surface area contributed by atoms with Crippen molar-refractivity contribution in [3.8, 4) is 0 Å². The molecule has 1 aromatic rings. The fraction of sp³-hybridized carbons (Fsp3) is 0.741. The topological polar surface area (TPSA) is 66.9 Å². The van der Waals surface area contributed by atoms with Crippen molar-refractivity contribution in [2.24, 2.45) is 0 Å². The Morgan fingerprint density at radius 3 is 2.22 bits per heavy atom. The highest BCUT2D eigenvalue weighted by Crippen LogP contribution is 2.27. The van der Waals surface area contributed by atoms with Crippen LogP contribution in [0.1, 0.15) is 127 Å². The van der Waals surface area contributed by atoms with Gasteiger partial charge >= 0.3 is 0 Å². The number of nitrogens with one attached hydrogen (secondary N) is 2. The molecule has 32 heavy (non-hydrogen) atoms. The summed E-state index contributed by atoms with van der Waals surface area (Å²) in [7, 11) is 0. The minimum absolute atomic E-state index is 0.0143. The van der Waals surface area contributed by atoms with Crippen molar-refractivity contribution in [2.75, 3.05) is 5.32 Å². The van der Waals surface area contributed by atoms with Crippen LogP contribution in [0.25, 0.3) is 5.57 Å². The van der Waals surface area contributed by atoms with Crippen molar-refractivity contribution in [1.82, 2.24) is 15.3 Å². The van der Waals surface area contributed by atoms with Crippen LogP contribution in [0.15, 0.2) is 12.3 Å². The molecular weight excluding hydrogens is 396 g/mol. The van der Waals surface area contributed by atoms with Gasteiger partial charge in [0.1, 0.15) is 0 Å². The second kappa shape index (κ2) is 14.3. The first-order valence-electron chi connectivity index (χ1n) is 13.3. The van der Waals surface area contributed by atoms with Crippen LogP contribution in [0.4, 0.5) is 5.95 Å². The zero-order valence-electron chi connectivity index (χ0n) is 20.3. The van der Waals surface area contributed by atoms with E-state index in [1.807, 2.05) is 6.20 Å². The highest BCUT2D eigenvalue weighted by atomic mass is 16.1. The molecule has 178 valence electrons. The van der Waals surface area contributed by atoms with E-state index in [0.717, 1.165) is 30.0 Å². The molecule has 3 rings (SSSR count). The van der Waals surface area contributed by atoms with Gasteiger partial charge in [-0.15, -0.1) is 0 Å². The Hall–Kier alpha value is -1.91. The lowest BCUT2D eigenvalue weighted by Gasteiger charge is -2.21. The molecule has 5 nitrogen and oxygen atoms in total. The maximum Gasteiger partial charge on any atom is 0.223 e. The Morgan fingerprint density at radius 2 is 1.53 bits per heavy atom. The Bertz CT molecular complexity index is 720. The van der Waals surface area contributed by atoms with Crippen molar-refractivity contribution in [2.45, 2.75) is 129 Å². The van der Waals surface area contributed by atoms with E-state index in [0.29, 0.717) is 12.6 Å². The van der Waals surface area contributed by atoms with Crippen molar-refractivity contribution in [1.29, 1.82) is 0 Å². The fourth-order valence-electron chi connectivity index (χ4n) is 5.00. The Labute approximate surface area is 195 Å². The molecule has 1 aromatic heterocycles. The molecule has 2 N–H and O–H groups in total. The zero-order valence-corrected chi connectivity index (χ0v) is 20.3. The van der Waals surface area contributed by atoms with E-state index in [1.165, 1.54) is 102 Å². The zero-order chi connectivity index (χ0) is 22.4. The maximum atomic E-state index is 11.6. The lowest BCUT2D eigenvalue weighted by atomic mass is 9.96.